The number of nitrogens with zero attached hydrogens (tertiary/aromatic N) is 1. The van der Waals surface area contributed by atoms with E-state index >= 15 is 0 Å². The van der Waals surface area contributed by atoms with Crippen molar-refractivity contribution in [3.8, 4) is 0 Å². The van der Waals surface area contributed by atoms with Gasteiger partial charge in [0.15, 0.2) is 0 Å². The van der Waals surface area contributed by atoms with Crippen LogP contribution in [0, 0.1) is 0 Å². The highest BCUT2D eigenvalue weighted by atomic mass is 16.7. The molecule has 0 radical (unpaired) electrons. The lowest BCUT2D eigenvalue weighted by Gasteiger charge is -2.34. The summed E-state index contributed by atoms with van der Waals surface area (Å²) in [5, 5.41) is 1.68. The first-order valence-electron chi connectivity index (χ1n) is 4.60. The fourth-order valence-corrected chi connectivity index (χ4v) is 0.938. The van der Waals surface area contributed by atoms with Gasteiger partial charge in [-0.3, -0.25) is 0 Å². The number of hydrogen-bond acceptors (Lipinski definition) is 3. The predicted octanol–water partition coefficient (Wildman–Crippen LogP) is 2.14. The first-order chi connectivity index (χ1) is 5.97. The van der Waals surface area contributed by atoms with Gasteiger partial charge in [0.05, 0.1) is 5.54 Å². The number of hydroxylamine groups is 2. The van der Waals surface area contributed by atoms with Crippen LogP contribution in [-0.2, 0) is 9.63 Å². The SMILES string of the molecule is C=CC(=O)ON(CC)C(C)(C)CC. The summed E-state index contributed by atoms with van der Waals surface area (Å²) in [4.78, 5) is 16.0. The van der Waals surface area contributed by atoms with E-state index in [0.29, 0.717) is 6.54 Å². The van der Waals surface area contributed by atoms with Gasteiger partial charge in [0, 0.05) is 12.6 Å². The summed E-state index contributed by atoms with van der Waals surface area (Å²) in [6, 6.07) is 0. The first-order valence-corrected chi connectivity index (χ1v) is 4.60. The van der Waals surface area contributed by atoms with Crippen molar-refractivity contribution in [1.29, 1.82) is 0 Å². The van der Waals surface area contributed by atoms with E-state index in [9.17, 15) is 4.79 Å². The van der Waals surface area contributed by atoms with Crippen LogP contribution in [0.5, 0.6) is 0 Å². The van der Waals surface area contributed by atoms with Gasteiger partial charge in [-0.25, -0.2) is 4.79 Å². The van der Waals surface area contributed by atoms with Crippen LogP contribution in [-0.4, -0.2) is 23.1 Å². The van der Waals surface area contributed by atoms with E-state index in [1.165, 1.54) is 6.08 Å². The summed E-state index contributed by atoms with van der Waals surface area (Å²) >= 11 is 0. The van der Waals surface area contributed by atoms with Crippen LogP contribution in [0.25, 0.3) is 0 Å². The van der Waals surface area contributed by atoms with Crippen LogP contribution in [0.2, 0.25) is 0 Å². The number of hydrogen-bond donors (Lipinski definition) is 0. The van der Waals surface area contributed by atoms with Crippen molar-refractivity contribution >= 4 is 5.97 Å². The van der Waals surface area contributed by atoms with E-state index in [2.05, 4.69) is 13.5 Å². The molecule has 3 nitrogen and oxygen atoms in total. The van der Waals surface area contributed by atoms with Gasteiger partial charge in [-0.05, 0) is 27.2 Å². The van der Waals surface area contributed by atoms with Gasteiger partial charge >= 0.3 is 5.97 Å². The van der Waals surface area contributed by atoms with Crippen LogP contribution in [0.4, 0.5) is 0 Å². The lowest BCUT2D eigenvalue weighted by Crippen LogP contribution is -2.44. The molecule has 0 N–H and O–H groups in total. The zero-order chi connectivity index (χ0) is 10.5. The van der Waals surface area contributed by atoms with E-state index in [1.807, 2.05) is 20.8 Å². The number of rotatable bonds is 5. The Morgan fingerprint density at radius 1 is 1.54 bits per heavy atom. The largest absolute Gasteiger partial charge is 0.364 e. The molecule has 0 aromatic heterocycles. The molecule has 0 saturated carbocycles. The summed E-state index contributed by atoms with van der Waals surface area (Å²) in [6.07, 6.45) is 2.10. The third-order valence-electron chi connectivity index (χ3n) is 2.19. The highest BCUT2D eigenvalue weighted by Gasteiger charge is 2.26. The zero-order valence-corrected chi connectivity index (χ0v) is 8.96. The van der Waals surface area contributed by atoms with Gasteiger partial charge in [0.1, 0.15) is 0 Å². The van der Waals surface area contributed by atoms with Crippen molar-refractivity contribution in [2.75, 3.05) is 6.54 Å². The fraction of sp³-hybridized carbons (Fsp3) is 0.700. The van der Waals surface area contributed by atoms with Crippen molar-refractivity contribution in [3.05, 3.63) is 12.7 Å². The third-order valence-corrected chi connectivity index (χ3v) is 2.19. The van der Waals surface area contributed by atoms with Gasteiger partial charge in [-0.15, -0.1) is 5.06 Å². The van der Waals surface area contributed by atoms with Crippen LogP contribution < -0.4 is 0 Å². The first kappa shape index (κ1) is 12.2. The minimum absolute atomic E-state index is 0.118. The molecule has 13 heavy (non-hydrogen) atoms. The van der Waals surface area contributed by atoms with Crippen molar-refractivity contribution in [2.24, 2.45) is 0 Å². The predicted molar refractivity (Wildman–Crippen MR) is 53.0 cm³/mol. The average molecular weight is 185 g/mol. The van der Waals surface area contributed by atoms with Crippen LogP contribution in [0.3, 0.4) is 0 Å². The maximum Gasteiger partial charge on any atom is 0.349 e. The Labute approximate surface area is 80.3 Å². The van der Waals surface area contributed by atoms with E-state index < -0.39 is 5.97 Å². The van der Waals surface area contributed by atoms with Crippen LogP contribution in [0.15, 0.2) is 12.7 Å². The highest BCUT2D eigenvalue weighted by molar-refractivity contribution is 5.80. The molecule has 0 unspecified atom stereocenters. The van der Waals surface area contributed by atoms with E-state index in [0.717, 1.165) is 6.42 Å². The Hall–Kier alpha value is -0.830. The topological polar surface area (TPSA) is 29.5 Å². The second-order valence-corrected chi connectivity index (χ2v) is 3.48. The zero-order valence-electron chi connectivity index (χ0n) is 8.96. The molecule has 0 fully saturated rings. The summed E-state index contributed by atoms with van der Waals surface area (Å²) < 4.78 is 0. The monoisotopic (exact) mass is 185 g/mol. The Morgan fingerprint density at radius 3 is 2.38 bits per heavy atom. The maximum atomic E-state index is 11.0. The van der Waals surface area contributed by atoms with Crippen molar-refractivity contribution in [2.45, 2.75) is 39.7 Å². The smallest absolute Gasteiger partial charge is 0.349 e. The summed E-state index contributed by atoms with van der Waals surface area (Å²) in [7, 11) is 0. The lowest BCUT2D eigenvalue weighted by molar-refractivity contribution is -0.210. The molecule has 0 bridgehead atoms. The number of carbonyl (C=O) groups is 1. The van der Waals surface area contributed by atoms with Crippen molar-refractivity contribution < 1.29 is 9.63 Å². The second-order valence-electron chi connectivity index (χ2n) is 3.48. The lowest BCUT2D eigenvalue weighted by atomic mass is 10.0. The molecule has 0 amide bonds. The molecule has 0 aromatic rings. The summed E-state index contributed by atoms with van der Waals surface area (Å²) in [5.74, 6) is -0.400. The van der Waals surface area contributed by atoms with Gasteiger partial charge in [-0.2, -0.15) is 0 Å². The molecule has 76 valence electrons. The molecule has 0 rings (SSSR count). The minimum Gasteiger partial charge on any atom is -0.364 e. The highest BCUT2D eigenvalue weighted by Crippen LogP contribution is 2.18. The molecule has 0 aliphatic heterocycles. The number of carbonyl (C=O) groups excluding carboxylic acids is 1. The van der Waals surface area contributed by atoms with Crippen molar-refractivity contribution in [3.63, 3.8) is 0 Å². The van der Waals surface area contributed by atoms with Gasteiger partial charge in [-0.1, -0.05) is 13.5 Å². The van der Waals surface area contributed by atoms with Gasteiger partial charge in [0.25, 0.3) is 0 Å². The molecule has 0 saturated heterocycles. The van der Waals surface area contributed by atoms with Gasteiger partial charge < -0.3 is 4.84 Å². The third kappa shape index (κ3) is 3.59. The molecular weight excluding hydrogens is 166 g/mol. The summed E-state index contributed by atoms with van der Waals surface area (Å²) in [6.45, 7) is 12.1. The normalized spacial score (nSPS) is 11.5. The van der Waals surface area contributed by atoms with Crippen molar-refractivity contribution in [1.82, 2.24) is 5.06 Å². The molecule has 0 aliphatic carbocycles. The maximum absolute atomic E-state index is 11.0. The Morgan fingerprint density at radius 2 is 2.08 bits per heavy atom. The summed E-state index contributed by atoms with van der Waals surface area (Å²) in [5.41, 5.74) is -0.118. The Bertz CT molecular complexity index is 187. The van der Waals surface area contributed by atoms with Gasteiger partial charge in [0.2, 0.25) is 0 Å². The van der Waals surface area contributed by atoms with E-state index in [1.54, 1.807) is 5.06 Å². The quantitative estimate of drug-likeness (QED) is 0.485. The molecule has 0 aromatic carbocycles. The van der Waals surface area contributed by atoms with E-state index in [-0.39, 0.29) is 5.54 Å². The molecular formula is C10H19NO2. The average Bonchev–Trinajstić information content (AvgIpc) is 2.13. The van der Waals surface area contributed by atoms with Crippen LogP contribution in [0.1, 0.15) is 34.1 Å². The molecule has 0 aliphatic rings. The van der Waals surface area contributed by atoms with E-state index in [4.69, 9.17) is 4.84 Å². The van der Waals surface area contributed by atoms with Crippen LogP contribution >= 0.6 is 0 Å². The molecule has 0 heterocycles. The molecule has 0 spiro atoms. The Kier molecular flexibility index (Phi) is 4.70. The Balaban J connectivity index is 4.33. The standard InChI is InChI=1S/C10H19NO2/c1-6-9(12)13-11(8-3)10(4,5)7-2/h6H,1,7-8H2,2-5H3. The molecule has 3 heteroatoms. The minimum atomic E-state index is -0.400. The fourth-order valence-electron chi connectivity index (χ4n) is 0.938. The second kappa shape index (κ2) is 5.02. The molecule has 0 atom stereocenters.